The van der Waals surface area contributed by atoms with Crippen LogP contribution >= 0.6 is 0 Å². The van der Waals surface area contributed by atoms with Gasteiger partial charge >= 0.3 is 0 Å². The summed E-state index contributed by atoms with van der Waals surface area (Å²) >= 11 is 0. The SMILES string of the molecule is CNCc1cn(C2CC2)c2nc(C(C)C)nc(C)c12. The van der Waals surface area contributed by atoms with Crippen molar-refractivity contribution in [3.05, 3.63) is 23.3 Å². The van der Waals surface area contributed by atoms with Crippen molar-refractivity contribution in [2.24, 2.45) is 0 Å². The van der Waals surface area contributed by atoms with Gasteiger partial charge in [0.1, 0.15) is 11.5 Å². The Morgan fingerprint density at radius 1 is 1.37 bits per heavy atom. The van der Waals surface area contributed by atoms with Crippen LogP contribution in [0.5, 0.6) is 0 Å². The molecule has 0 unspecified atom stereocenters. The zero-order chi connectivity index (χ0) is 13.6. The predicted molar refractivity (Wildman–Crippen MR) is 77.4 cm³/mol. The van der Waals surface area contributed by atoms with Gasteiger partial charge in [0.05, 0.1) is 5.69 Å². The molecule has 0 amide bonds. The molecule has 0 bridgehead atoms. The summed E-state index contributed by atoms with van der Waals surface area (Å²) in [6, 6.07) is 0.655. The predicted octanol–water partition coefficient (Wildman–Crippen LogP) is 2.92. The maximum absolute atomic E-state index is 4.82. The maximum Gasteiger partial charge on any atom is 0.144 e. The van der Waals surface area contributed by atoms with Crippen molar-refractivity contribution in [2.45, 2.75) is 52.1 Å². The summed E-state index contributed by atoms with van der Waals surface area (Å²) in [6.45, 7) is 7.28. The topological polar surface area (TPSA) is 42.7 Å². The number of aromatic nitrogens is 3. The average Bonchev–Trinajstić information content (AvgIpc) is 3.13. The molecular formula is C15H22N4. The van der Waals surface area contributed by atoms with E-state index in [0.717, 1.165) is 23.7 Å². The highest BCUT2D eigenvalue weighted by molar-refractivity contribution is 5.83. The van der Waals surface area contributed by atoms with Gasteiger partial charge in [-0.15, -0.1) is 0 Å². The second kappa shape index (κ2) is 4.60. The number of fused-ring (bicyclic) bond motifs is 1. The minimum atomic E-state index is 0.374. The average molecular weight is 258 g/mol. The van der Waals surface area contributed by atoms with Gasteiger partial charge < -0.3 is 9.88 Å². The van der Waals surface area contributed by atoms with Gasteiger partial charge in [-0.25, -0.2) is 9.97 Å². The van der Waals surface area contributed by atoms with Crippen LogP contribution in [0.25, 0.3) is 11.0 Å². The van der Waals surface area contributed by atoms with E-state index in [4.69, 9.17) is 4.98 Å². The van der Waals surface area contributed by atoms with E-state index in [0.29, 0.717) is 12.0 Å². The van der Waals surface area contributed by atoms with Gasteiger partial charge in [0.25, 0.3) is 0 Å². The van der Waals surface area contributed by atoms with Crippen molar-refractivity contribution in [3.63, 3.8) is 0 Å². The van der Waals surface area contributed by atoms with Crippen LogP contribution in [-0.2, 0) is 6.54 Å². The molecule has 19 heavy (non-hydrogen) atoms. The van der Waals surface area contributed by atoms with E-state index in [-0.39, 0.29) is 0 Å². The Hall–Kier alpha value is -1.42. The van der Waals surface area contributed by atoms with Crippen LogP contribution in [0.2, 0.25) is 0 Å². The van der Waals surface area contributed by atoms with Gasteiger partial charge in [-0.2, -0.15) is 0 Å². The first-order valence-electron chi connectivity index (χ1n) is 7.14. The molecule has 2 aromatic heterocycles. The Kier molecular flexibility index (Phi) is 3.05. The molecule has 0 aliphatic heterocycles. The fourth-order valence-electron chi connectivity index (χ4n) is 2.65. The second-order valence-corrected chi connectivity index (χ2v) is 5.84. The number of aryl methyl sites for hydroxylation is 1. The lowest BCUT2D eigenvalue weighted by Crippen LogP contribution is -2.05. The highest BCUT2D eigenvalue weighted by atomic mass is 15.1. The molecule has 0 spiro atoms. The third kappa shape index (κ3) is 2.14. The third-order valence-electron chi connectivity index (χ3n) is 3.77. The van der Waals surface area contributed by atoms with Crippen molar-refractivity contribution >= 4 is 11.0 Å². The van der Waals surface area contributed by atoms with Crippen LogP contribution in [-0.4, -0.2) is 21.6 Å². The van der Waals surface area contributed by atoms with Crippen LogP contribution in [0.4, 0.5) is 0 Å². The van der Waals surface area contributed by atoms with Crippen molar-refractivity contribution in [1.29, 1.82) is 0 Å². The van der Waals surface area contributed by atoms with Crippen LogP contribution in [0.3, 0.4) is 0 Å². The largest absolute Gasteiger partial charge is 0.329 e. The molecule has 1 fully saturated rings. The lowest BCUT2D eigenvalue weighted by atomic mass is 10.1. The van der Waals surface area contributed by atoms with Gasteiger partial charge in [-0.1, -0.05) is 13.8 Å². The van der Waals surface area contributed by atoms with Crippen LogP contribution < -0.4 is 5.32 Å². The Balaban J connectivity index is 2.24. The Morgan fingerprint density at radius 3 is 2.68 bits per heavy atom. The van der Waals surface area contributed by atoms with Crippen molar-refractivity contribution in [3.8, 4) is 0 Å². The molecule has 0 radical (unpaired) electrons. The van der Waals surface area contributed by atoms with Crippen molar-refractivity contribution in [1.82, 2.24) is 19.9 Å². The zero-order valence-electron chi connectivity index (χ0n) is 12.2. The summed E-state index contributed by atoms with van der Waals surface area (Å²) in [5.41, 5.74) is 3.56. The number of rotatable bonds is 4. The summed E-state index contributed by atoms with van der Waals surface area (Å²) < 4.78 is 2.36. The van der Waals surface area contributed by atoms with E-state index in [9.17, 15) is 0 Å². The molecule has 2 aromatic rings. The zero-order valence-corrected chi connectivity index (χ0v) is 12.2. The van der Waals surface area contributed by atoms with Crippen molar-refractivity contribution < 1.29 is 0 Å². The Morgan fingerprint density at radius 2 is 2.11 bits per heavy atom. The molecule has 102 valence electrons. The second-order valence-electron chi connectivity index (χ2n) is 5.84. The number of hydrogen-bond acceptors (Lipinski definition) is 3. The molecule has 4 nitrogen and oxygen atoms in total. The normalized spacial score (nSPS) is 15.6. The molecule has 1 N–H and O–H groups in total. The highest BCUT2D eigenvalue weighted by Crippen LogP contribution is 2.39. The van der Waals surface area contributed by atoms with Gasteiger partial charge in [0, 0.05) is 30.1 Å². The van der Waals surface area contributed by atoms with E-state index < -0.39 is 0 Å². The standard InChI is InChI=1S/C15H22N4/c1-9(2)14-17-10(3)13-11(7-16-4)8-19(12-5-6-12)15(13)18-14/h8-9,12,16H,5-7H2,1-4H3. The molecule has 3 rings (SSSR count). The molecule has 0 aromatic carbocycles. The van der Waals surface area contributed by atoms with Gasteiger partial charge in [0.2, 0.25) is 0 Å². The molecule has 1 saturated carbocycles. The molecule has 4 heteroatoms. The van der Waals surface area contributed by atoms with E-state index in [1.807, 2.05) is 7.05 Å². The Labute approximate surface area is 114 Å². The molecule has 1 aliphatic carbocycles. The first-order valence-corrected chi connectivity index (χ1v) is 7.14. The third-order valence-corrected chi connectivity index (χ3v) is 3.77. The summed E-state index contributed by atoms with van der Waals surface area (Å²) in [6.07, 6.45) is 4.83. The molecular weight excluding hydrogens is 236 g/mol. The van der Waals surface area contributed by atoms with Crippen LogP contribution in [0, 0.1) is 6.92 Å². The minimum absolute atomic E-state index is 0.374. The summed E-state index contributed by atoms with van der Waals surface area (Å²) in [5.74, 6) is 1.33. The quantitative estimate of drug-likeness (QED) is 0.917. The number of nitrogens with one attached hydrogen (secondary N) is 1. The van der Waals surface area contributed by atoms with Crippen molar-refractivity contribution in [2.75, 3.05) is 7.05 Å². The van der Waals surface area contributed by atoms with Gasteiger partial charge in [0.15, 0.2) is 0 Å². The number of hydrogen-bond donors (Lipinski definition) is 1. The fourth-order valence-corrected chi connectivity index (χ4v) is 2.65. The van der Waals surface area contributed by atoms with E-state index in [1.165, 1.54) is 23.8 Å². The molecule has 0 saturated heterocycles. The Bertz CT molecular complexity index is 608. The summed E-state index contributed by atoms with van der Waals surface area (Å²) in [7, 11) is 1.99. The summed E-state index contributed by atoms with van der Waals surface area (Å²) in [5, 5.41) is 4.49. The maximum atomic E-state index is 4.82. The first kappa shape index (κ1) is 12.6. The summed E-state index contributed by atoms with van der Waals surface area (Å²) in [4.78, 5) is 9.51. The molecule has 0 atom stereocenters. The van der Waals surface area contributed by atoms with Crippen LogP contribution in [0.1, 0.15) is 55.7 Å². The lowest BCUT2D eigenvalue weighted by molar-refractivity contribution is 0.734. The lowest BCUT2D eigenvalue weighted by Gasteiger charge is -2.08. The van der Waals surface area contributed by atoms with E-state index in [1.54, 1.807) is 0 Å². The smallest absolute Gasteiger partial charge is 0.144 e. The van der Waals surface area contributed by atoms with Gasteiger partial charge in [-0.3, -0.25) is 0 Å². The van der Waals surface area contributed by atoms with E-state index >= 15 is 0 Å². The monoisotopic (exact) mass is 258 g/mol. The first-order chi connectivity index (χ1) is 9.11. The minimum Gasteiger partial charge on any atom is -0.329 e. The van der Waals surface area contributed by atoms with Gasteiger partial charge in [-0.05, 0) is 32.4 Å². The molecule has 2 heterocycles. The van der Waals surface area contributed by atoms with Crippen LogP contribution in [0.15, 0.2) is 6.20 Å². The molecule has 1 aliphatic rings. The number of nitrogens with zero attached hydrogens (tertiary/aromatic N) is 3. The van der Waals surface area contributed by atoms with E-state index in [2.05, 4.69) is 41.8 Å². The highest BCUT2D eigenvalue weighted by Gasteiger charge is 2.27. The fraction of sp³-hybridized carbons (Fsp3) is 0.600.